The van der Waals surface area contributed by atoms with E-state index in [2.05, 4.69) is 33.5 Å². The number of halogens is 2. The summed E-state index contributed by atoms with van der Waals surface area (Å²) in [7, 11) is 0. The van der Waals surface area contributed by atoms with Crippen molar-refractivity contribution < 1.29 is 9.53 Å². The Bertz CT molecular complexity index is 568. The van der Waals surface area contributed by atoms with Gasteiger partial charge in [-0.2, -0.15) is 0 Å². The van der Waals surface area contributed by atoms with E-state index < -0.39 is 5.60 Å². The summed E-state index contributed by atoms with van der Waals surface area (Å²) in [5, 5.41) is 7.21. The predicted octanol–water partition coefficient (Wildman–Crippen LogP) is 4.81. The summed E-state index contributed by atoms with van der Waals surface area (Å²) < 4.78 is 6.24. The van der Waals surface area contributed by atoms with Crippen LogP contribution in [0.3, 0.4) is 0 Å². The first kappa shape index (κ1) is 18.6. The molecule has 1 fully saturated rings. The van der Waals surface area contributed by atoms with E-state index in [4.69, 9.17) is 16.3 Å². The molecule has 1 amide bonds. The molecule has 0 spiro atoms. The number of ether oxygens (including phenoxy) is 1. The van der Waals surface area contributed by atoms with Gasteiger partial charge in [0, 0.05) is 27.6 Å². The minimum absolute atomic E-state index is 0.170. The van der Waals surface area contributed by atoms with Crippen LogP contribution in [0.5, 0.6) is 0 Å². The third-order valence-electron chi connectivity index (χ3n) is 3.77. The molecular weight excluding hydrogens is 380 g/mol. The van der Waals surface area contributed by atoms with Crippen molar-refractivity contribution >= 4 is 33.6 Å². The lowest BCUT2D eigenvalue weighted by atomic mass is 9.86. The molecule has 1 aliphatic carbocycles. The van der Waals surface area contributed by atoms with Crippen LogP contribution in [0.1, 0.15) is 52.1 Å². The van der Waals surface area contributed by atoms with Gasteiger partial charge in [0.05, 0.1) is 0 Å². The molecule has 1 unspecified atom stereocenters. The van der Waals surface area contributed by atoms with E-state index in [0.29, 0.717) is 6.04 Å². The standard InChI is InChI=1S/C17H24BrClN2O2/c1-10(14-6-5-11(18)7-15(14)19)20-12-8-13(9-12)21-16(22)23-17(2,3)4/h5-7,10,12-13,20H,8-9H2,1-4H3,(H,21,22). The fraction of sp³-hybridized carbons (Fsp3) is 0.588. The summed E-state index contributed by atoms with van der Waals surface area (Å²) in [6.07, 6.45) is 1.46. The number of alkyl carbamates (subject to hydrolysis) is 1. The lowest BCUT2D eigenvalue weighted by Crippen LogP contribution is -2.53. The number of carbonyl (C=O) groups is 1. The van der Waals surface area contributed by atoms with Crippen molar-refractivity contribution in [3.8, 4) is 0 Å². The molecule has 0 aliphatic heterocycles. The first-order chi connectivity index (χ1) is 10.6. The second-order valence-corrected chi connectivity index (χ2v) is 8.39. The molecule has 23 heavy (non-hydrogen) atoms. The van der Waals surface area contributed by atoms with E-state index in [-0.39, 0.29) is 18.2 Å². The Morgan fingerprint density at radius 2 is 2.00 bits per heavy atom. The van der Waals surface area contributed by atoms with Crippen molar-refractivity contribution in [1.82, 2.24) is 10.6 Å². The number of hydrogen-bond acceptors (Lipinski definition) is 3. The maximum atomic E-state index is 11.7. The second kappa shape index (κ2) is 7.41. The monoisotopic (exact) mass is 402 g/mol. The second-order valence-electron chi connectivity index (χ2n) is 7.07. The number of benzene rings is 1. The Kier molecular flexibility index (Phi) is 5.98. The average Bonchev–Trinajstić information content (AvgIpc) is 2.33. The van der Waals surface area contributed by atoms with E-state index in [1.165, 1.54) is 0 Å². The van der Waals surface area contributed by atoms with E-state index in [1.807, 2.05) is 39.0 Å². The van der Waals surface area contributed by atoms with Crippen LogP contribution in [0, 0.1) is 0 Å². The highest BCUT2D eigenvalue weighted by molar-refractivity contribution is 9.10. The Labute approximate surface area is 151 Å². The molecule has 1 saturated carbocycles. The highest BCUT2D eigenvalue weighted by atomic mass is 79.9. The molecule has 0 aromatic heterocycles. The molecule has 128 valence electrons. The van der Waals surface area contributed by atoms with E-state index in [9.17, 15) is 4.79 Å². The normalized spacial score (nSPS) is 22.2. The van der Waals surface area contributed by atoms with Gasteiger partial charge < -0.3 is 15.4 Å². The van der Waals surface area contributed by atoms with E-state index in [1.54, 1.807) is 0 Å². The van der Waals surface area contributed by atoms with Gasteiger partial charge in [0.25, 0.3) is 0 Å². The van der Waals surface area contributed by atoms with Gasteiger partial charge in [0.15, 0.2) is 0 Å². The van der Waals surface area contributed by atoms with Crippen molar-refractivity contribution in [2.24, 2.45) is 0 Å². The van der Waals surface area contributed by atoms with E-state index in [0.717, 1.165) is 27.9 Å². The van der Waals surface area contributed by atoms with Crippen molar-refractivity contribution in [1.29, 1.82) is 0 Å². The minimum Gasteiger partial charge on any atom is -0.444 e. The largest absolute Gasteiger partial charge is 0.444 e. The average molecular weight is 404 g/mol. The summed E-state index contributed by atoms with van der Waals surface area (Å²) in [4.78, 5) is 11.7. The molecule has 2 N–H and O–H groups in total. The molecule has 1 aromatic rings. The highest BCUT2D eigenvalue weighted by Crippen LogP contribution is 2.29. The summed E-state index contributed by atoms with van der Waals surface area (Å²) in [5.41, 5.74) is 0.622. The van der Waals surface area contributed by atoms with Gasteiger partial charge in [0.1, 0.15) is 5.60 Å². The number of amides is 1. The lowest BCUT2D eigenvalue weighted by Gasteiger charge is -2.38. The highest BCUT2D eigenvalue weighted by Gasteiger charge is 2.32. The Morgan fingerprint density at radius 3 is 2.57 bits per heavy atom. The zero-order chi connectivity index (χ0) is 17.2. The number of rotatable bonds is 4. The van der Waals surface area contributed by atoms with Gasteiger partial charge in [-0.05, 0) is 58.2 Å². The minimum atomic E-state index is -0.460. The fourth-order valence-corrected chi connectivity index (χ4v) is 3.48. The summed E-state index contributed by atoms with van der Waals surface area (Å²) in [5.74, 6) is 0. The summed E-state index contributed by atoms with van der Waals surface area (Å²) >= 11 is 9.70. The third kappa shape index (κ3) is 5.66. The molecule has 2 rings (SSSR count). The Morgan fingerprint density at radius 1 is 1.35 bits per heavy atom. The Hall–Kier alpha value is -0.780. The van der Waals surface area contributed by atoms with Gasteiger partial charge in [-0.15, -0.1) is 0 Å². The van der Waals surface area contributed by atoms with Crippen molar-refractivity contribution in [3.63, 3.8) is 0 Å². The van der Waals surface area contributed by atoms with Crippen LogP contribution in [-0.4, -0.2) is 23.8 Å². The summed E-state index contributed by atoms with van der Waals surface area (Å²) in [6, 6.07) is 6.65. The van der Waals surface area contributed by atoms with Gasteiger partial charge in [0.2, 0.25) is 0 Å². The Balaban J connectivity index is 1.76. The van der Waals surface area contributed by atoms with Crippen LogP contribution < -0.4 is 10.6 Å². The number of hydrogen-bond donors (Lipinski definition) is 2. The van der Waals surface area contributed by atoms with Gasteiger partial charge >= 0.3 is 6.09 Å². The predicted molar refractivity (Wildman–Crippen MR) is 96.9 cm³/mol. The molecular formula is C17H24BrClN2O2. The van der Waals surface area contributed by atoms with Gasteiger partial charge in [-0.1, -0.05) is 33.6 Å². The van der Waals surface area contributed by atoms with E-state index >= 15 is 0 Å². The molecule has 1 aliphatic rings. The molecule has 6 heteroatoms. The molecule has 0 bridgehead atoms. The number of nitrogens with one attached hydrogen (secondary N) is 2. The van der Waals surface area contributed by atoms with Crippen molar-refractivity contribution in [2.75, 3.05) is 0 Å². The molecule has 1 atom stereocenters. The zero-order valence-corrected chi connectivity index (χ0v) is 16.3. The third-order valence-corrected chi connectivity index (χ3v) is 4.59. The zero-order valence-electron chi connectivity index (χ0n) is 14.0. The van der Waals surface area contributed by atoms with Crippen LogP contribution in [0.4, 0.5) is 4.79 Å². The molecule has 0 radical (unpaired) electrons. The molecule has 0 saturated heterocycles. The maximum absolute atomic E-state index is 11.7. The van der Waals surface area contributed by atoms with Crippen LogP contribution in [-0.2, 0) is 4.74 Å². The first-order valence-electron chi connectivity index (χ1n) is 7.84. The first-order valence-corrected chi connectivity index (χ1v) is 9.01. The topological polar surface area (TPSA) is 50.4 Å². The van der Waals surface area contributed by atoms with Crippen LogP contribution in [0.25, 0.3) is 0 Å². The number of carbonyl (C=O) groups excluding carboxylic acids is 1. The molecule has 4 nitrogen and oxygen atoms in total. The van der Waals surface area contributed by atoms with Crippen LogP contribution >= 0.6 is 27.5 Å². The van der Waals surface area contributed by atoms with Gasteiger partial charge in [-0.3, -0.25) is 0 Å². The quantitative estimate of drug-likeness (QED) is 0.758. The smallest absolute Gasteiger partial charge is 0.407 e. The maximum Gasteiger partial charge on any atom is 0.407 e. The fourth-order valence-electron chi connectivity index (χ4n) is 2.64. The molecule has 1 aromatic carbocycles. The van der Waals surface area contributed by atoms with Crippen LogP contribution in [0.15, 0.2) is 22.7 Å². The van der Waals surface area contributed by atoms with Crippen molar-refractivity contribution in [3.05, 3.63) is 33.3 Å². The SMILES string of the molecule is CC(NC1CC(NC(=O)OC(C)(C)C)C1)c1ccc(Br)cc1Cl. The van der Waals surface area contributed by atoms with Gasteiger partial charge in [-0.25, -0.2) is 4.79 Å². The molecule has 0 heterocycles. The summed E-state index contributed by atoms with van der Waals surface area (Å²) in [6.45, 7) is 7.69. The lowest BCUT2D eigenvalue weighted by molar-refractivity contribution is 0.0463. The van der Waals surface area contributed by atoms with Crippen LogP contribution in [0.2, 0.25) is 5.02 Å². The van der Waals surface area contributed by atoms with Crippen molar-refractivity contribution in [2.45, 2.75) is 64.3 Å².